The van der Waals surface area contributed by atoms with Crippen molar-refractivity contribution in [3.8, 4) is 0 Å². The zero-order chi connectivity index (χ0) is 11.5. The number of aliphatic hydroxyl groups is 1. The number of sulfone groups is 1. The van der Waals surface area contributed by atoms with Crippen LogP contribution in [0.1, 0.15) is 19.8 Å². The minimum Gasteiger partial charge on any atom is -0.394 e. The maximum atomic E-state index is 11.3. The van der Waals surface area contributed by atoms with Crippen LogP contribution in [-0.4, -0.2) is 55.0 Å². The van der Waals surface area contributed by atoms with Gasteiger partial charge in [0.05, 0.1) is 24.2 Å². The Morgan fingerprint density at radius 1 is 1.60 bits per heavy atom. The average Bonchev–Trinajstić information content (AvgIpc) is 2.54. The molecule has 0 spiro atoms. The van der Waals surface area contributed by atoms with Gasteiger partial charge < -0.3 is 10.0 Å². The molecule has 1 saturated heterocycles. The van der Waals surface area contributed by atoms with Crippen LogP contribution in [0.2, 0.25) is 0 Å². The number of hydrogen-bond acceptors (Lipinski definition) is 4. The Bertz CT molecular complexity index is 310. The first-order valence-electron chi connectivity index (χ1n) is 5.08. The van der Waals surface area contributed by atoms with Gasteiger partial charge in [-0.05, 0) is 12.8 Å². The molecule has 1 aliphatic rings. The third-order valence-corrected chi connectivity index (χ3v) is 4.61. The number of nitrogens with zero attached hydrogens (tertiary/aromatic N) is 1. The minimum atomic E-state index is -2.98. The molecule has 6 heteroatoms. The van der Waals surface area contributed by atoms with Gasteiger partial charge in [-0.3, -0.25) is 4.79 Å². The van der Waals surface area contributed by atoms with Crippen LogP contribution in [0.4, 0.5) is 0 Å². The Hall–Kier alpha value is -0.620. The lowest BCUT2D eigenvalue weighted by molar-refractivity contribution is -0.123. The quantitative estimate of drug-likeness (QED) is 0.646. The Balaban J connectivity index is 2.72. The molecule has 1 N–H and O–H groups in total. The first kappa shape index (κ1) is 12.4. The van der Waals surface area contributed by atoms with E-state index in [0.29, 0.717) is 19.3 Å². The molecule has 0 aromatic heterocycles. The summed E-state index contributed by atoms with van der Waals surface area (Å²) in [5.41, 5.74) is 0. The predicted molar refractivity (Wildman–Crippen MR) is 56.1 cm³/mol. The number of carbonyl (C=O) groups is 1. The fourth-order valence-corrected chi connectivity index (χ4v) is 3.64. The lowest BCUT2D eigenvalue weighted by atomic mass is 10.1. The summed E-state index contributed by atoms with van der Waals surface area (Å²) in [7, 11) is -2.98. The molecule has 0 aliphatic carbocycles. The second kappa shape index (κ2) is 4.94. The highest BCUT2D eigenvalue weighted by atomic mass is 32.2. The Labute approximate surface area is 90.0 Å². The van der Waals surface area contributed by atoms with Crippen LogP contribution in [0, 0.1) is 0 Å². The third kappa shape index (κ3) is 2.92. The zero-order valence-electron chi connectivity index (χ0n) is 8.80. The van der Waals surface area contributed by atoms with Crippen LogP contribution >= 0.6 is 0 Å². The molecule has 0 saturated carbocycles. The van der Waals surface area contributed by atoms with Crippen LogP contribution in [0.3, 0.4) is 0 Å². The lowest BCUT2D eigenvalue weighted by Gasteiger charge is -2.30. The molecule has 0 aromatic rings. The Morgan fingerprint density at radius 3 is 2.60 bits per heavy atom. The van der Waals surface area contributed by atoms with Crippen molar-refractivity contribution in [1.82, 2.24) is 4.90 Å². The standard InChI is InChI=1S/C9H17NO4S/c1-2-8(5-11)10(7-12)9-3-4-15(13,14)6-9/h7-9,11H,2-6H2,1H3/t8-,9-/m1/s1. The third-order valence-electron chi connectivity index (χ3n) is 2.86. The highest BCUT2D eigenvalue weighted by molar-refractivity contribution is 7.91. The van der Waals surface area contributed by atoms with Gasteiger partial charge in [0, 0.05) is 6.04 Å². The Morgan fingerprint density at radius 2 is 2.27 bits per heavy atom. The van der Waals surface area contributed by atoms with E-state index in [1.54, 1.807) is 0 Å². The second-order valence-electron chi connectivity index (χ2n) is 3.85. The molecule has 1 heterocycles. The van der Waals surface area contributed by atoms with Crippen molar-refractivity contribution < 1.29 is 18.3 Å². The monoisotopic (exact) mass is 235 g/mol. The van der Waals surface area contributed by atoms with E-state index in [1.165, 1.54) is 4.90 Å². The van der Waals surface area contributed by atoms with Crippen LogP contribution in [0.25, 0.3) is 0 Å². The van der Waals surface area contributed by atoms with Crippen molar-refractivity contribution in [2.45, 2.75) is 31.8 Å². The molecule has 1 amide bonds. The van der Waals surface area contributed by atoms with Crippen LogP contribution in [0.15, 0.2) is 0 Å². The molecular formula is C9H17NO4S. The lowest BCUT2D eigenvalue weighted by Crippen LogP contribution is -2.44. The van der Waals surface area contributed by atoms with Crippen LogP contribution in [-0.2, 0) is 14.6 Å². The number of carbonyl (C=O) groups excluding carboxylic acids is 1. The van der Waals surface area contributed by atoms with E-state index in [0.717, 1.165) is 0 Å². The SMILES string of the molecule is CC[C@H](CO)N(C=O)[C@@H]1CCS(=O)(=O)C1. The van der Waals surface area contributed by atoms with Crippen molar-refractivity contribution in [1.29, 1.82) is 0 Å². The van der Waals surface area contributed by atoms with Crippen LogP contribution in [0.5, 0.6) is 0 Å². The van der Waals surface area contributed by atoms with E-state index < -0.39 is 9.84 Å². The summed E-state index contributed by atoms with van der Waals surface area (Å²) in [5, 5.41) is 9.07. The number of aliphatic hydroxyl groups excluding tert-OH is 1. The maximum Gasteiger partial charge on any atom is 0.210 e. The molecule has 0 aromatic carbocycles. The summed E-state index contributed by atoms with van der Waals surface area (Å²) in [6.07, 6.45) is 1.76. The van der Waals surface area contributed by atoms with Crippen molar-refractivity contribution in [3.05, 3.63) is 0 Å². The van der Waals surface area contributed by atoms with Gasteiger partial charge in [-0.25, -0.2) is 8.42 Å². The van der Waals surface area contributed by atoms with E-state index in [1.807, 2.05) is 6.92 Å². The van der Waals surface area contributed by atoms with E-state index >= 15 is 0 Å². The van der Waals surface area contributed by atoms with Gasteiger partial charge in [0.15, 0.2) is 9.84 Å². The van der Waals surface area contributed by atoms with E-state index in [4.69, 9.17) is 5.11 Å². The van der Waals surface area contributed by atoms with E-state index in [-0.39, 0.29) is 30.2 Å². The van der Waals surface area contributed by atoms with E-state index in [9.17, 15) is 13.2 Å². The van der Waals surface area contributed by atoms with Gasteiger partial charge in [0.25, 0.3) is 0 Å². The van der Waals surface area contributed by atoms with Crippen molar-refractivity contribution in [2.75, 3.05) is 18.1 Å². The van der Waals surface area contributed by atoms with Crippen molar-refractivity contribution >= 4 is 16.2 Å². The summed E-state index contributed by atoms with van der Waals surface area (Å²) < 4.78 is 22.5. The largest absolute Gasteiger partial charge is 0.394 e. The molecule has 1 aliphatic heterocycles. The van der Waals surface area contributed by atoms with Crippen LogP contribution < -0.4 is 0 Å². The smallest absolute Gasteiger partial charge is 0.210 e. The molecule has 1 rings (SSSR count). The molecule has 1 fully saturated rings. The summed E-state index contributed by atoms with van der Waals surface area (Å²) in [4.78, 5) is 12.3. The first-order valence-corrected chi connectivity index (χ1v) is 6.90. The molecule has 0 unspecified atom stereocenters. The van der Waals surface area contributed by atoms with Gasteiger partial charge in [-0.2, -0.15) is 0 Å². The average molecular weight is 235 g/mol. The second-order valence-corrected chi connectivity index (χ2v) is 6.08. The van der Waals surface area contributed by atoms with Crippen molar-refractivity contribution in [3.63, 3.8) is 0 Å². The summed E-state index contributed by atoms with van der Waals surface area (Å²) in [5.74, 6) is 0.173. The summed E-state index contributed by atoms with van der Waals surface area (Å²) in [6, 6.07) is -0.523. The molecule has 88 valence electrons. The van der Waals surface area contributed by atoms with Gasteiger partial charge >= 0.3 is 0 Å². The molecule has 0 radical (unpaired) electrons. The Kier molecular flexibility index (Phi) is 4.10. The van der Waals surface area contributed by atoms with Gasteiger partial charge in [0.1, 0.15) is 0 Å². The number of rotatable bonds is 5. The van der Waals surface area contributed by atoms with E-state index in [2.05, 4.69) is 0 Å². The topological polar surface area (TPSA) is 74.7 Å². The fraction of sp³-hybridized carbons (Fsp3) is 0.889. The summed E-state index contributed by atoms with van der Waals surface area (Å²) in [6.45, 7) is 1.74. The molecule has 15 heavy (non-hydrogen) atoms. The highest BCUT2D eigenvalue weighted by Gasteiger charge is 2.34. The minimum absolute atomic E-state index is 0.0300. The maximum absolute atomic E-state index is 11.3. The zero-order valence-corrected chi connectivity index (χ0v) is 9.61. The normalized spacial score (nSPS) is 26.1. The number of amides is 1. The molecule has 5 nitrogen and oxygen atoms in total. The molecular weight excluding hydrogens is 218 g/mol. The molecule has 2 atom stereocenters. The predicted octanol–water partition coefficient (Wildman–Crippen LogP) is -0.597. The highest BCUT2D eigenvalue weighted by Crippen LogP contribution is 2.19. The first-order chi connectivity index (χ1) is 7.04. The van der Waals surface area contributed by atoms with Gasteiger partial charge in [0.2, 0.25) is 6.41 Å². The molecule has 0 bridgehead atoms. The number of hydrogen-bond donors (Lipinski definition) is 1. The van der Waals surface area contributed by atoms with Crippen molar-refractivity contribution in [2.24, 2.45) is 0 Å². The summed E-state index contributed by atoms with van der Waals surface area (Å²) >= 11 is 0. The fourth-order valence-electron chi connectivity index (χ4n) is 1.91. The van der Waals surface area contributed by atoms with Gasteiger partial charge in [-0.15, -0.1) is 0 Å². The van der Waals surface area contributed by atoms with Gasteiger partial charge in [-0.1, -0.05) is 6.92 Å².